The fourth-order valence-electron chi connectivity index (χ4n) is 1.95. The van der Waals surface area contributed by atoms with Crippen LogP contribution < -0.4 is 10.6 Å². The lowest BCUT2D eigenvalue weighted by Gasteiger charge is -2.22. The van der Waals surface area contributed by atoms with Gasteiger partial charge in [0, 0.05) is 12.1 Å². The first-order valence-corrected chi connectivity index (χ1v) is 6.24. The highest BCUT2D eigenvalue weighted by Crippen LogP contribution is 2.13. The largest absolute Gasteiger partial charge is 0.372 e. The second kappa shape index (κ2) is 5.62. The number of hydrogen-bond acceptors (Lipinski definition) is 4. The number of carbonyl (C=O) groups excluding carboxylic acids is 2. The first-order chi connectivity index (χ1) is 8.69. The second-order valence-electron chi connectivity index (χ2n) is 4.44. The number of pyridine rings is 1. The normalized spacial score (nSPS) is 19.5. The summed E-state index contributed by atoms with van der Waals surface area (Å²) in [6.45, 7) is 2.11. The molecule has 0 bridgehead atoms. The molecule has 0 spiro atoms. The second-order valence-corrected chi connectivity index (χ2v) is 4.44. The van der Waals surface area contributed by atoms with Gasteiger partial charge in [0.05, 0.1) is 11.9 Å². The van der Waals surface area contributed by atoms with E-state index in [1.807, 2.05) is 12.1 Å². The molecule has 1 aliphatic heterocycles. The lowest BCUT2D eigenvalue weighted by Crippen LogP contribution is -2.47. The van der Waals surface area contributed by atoms with Crippen LogP contribution in [-0.2, 0) is 16.0 Å². The molecule has 1 aliphatic rings. The van der Waals surface area contributed by atoms with Gasteiger partial charge in [0.1, 0.15) is 6.04 Å². The third kappa shape index (κ3) is 3.06. The lowest BCUT2D eigenvalue weighted by molar-refractivity contribution is -0.133. The number of aromatic nitrogens is 1. The summed E-state index contributed by atoms with van der Waals surface area (Å²) in [5.74, 6) is -0.460. The first-order valence-electron chi connectivity index (χ1n) is 6.24. The van der Waals surface area contributed by atoms with Gasteiger partial charge in [0.25, 0.3) is 0 Å². The number of carbonyl (C=O) groups is 2. The zero-order chi connectivity index (χ0) is 13.0. The molecule has 0 aliphatic carbocycles. The van der Waals surface area contributed by atoms with Gasteiger partial charge in [-0.2, -0.15) is 0 Å². The van der Waals surface area contributed by atoms with Gasteiger partial charge in [0.15, 0.2) is 0 Å². The number of nitrogens with one attached hydrogen (secondary N) is 2. The number of hydrogen-bond donors (Lipinski definition) is 2. The maximum absolute atomic E-state index is 11.6. The molecular formula is C13H17N3O2. The summed E-state index contributed by atoms with van der Waals surface area (Å²) in [5, 5.41) is 5.41. The van der Waals surface area contributed by atoms with Gasteiger partial charge in [-0.05, 0) is 25.0 Å². The average molecular weight is 247 g/mol. The van der Waals surface area contributed by atoms with Crippen molar-refractivity contribution in [2.75, 3.05) is 5.32 Å². The van der Waals surface area contributed by atoms with Crippen molar-refractivity contribution in [1.29, 1.82) is 0 Å². The standard InChI is InChI=1S/C13H17N3O2/c1-2-3-9-4-5-10(8-14-9)15-11-6-7-12(17)16-13(11)18/h4-5,8,11,15H,2-3,6-7H2,1H3,(H,16,17,18). The van der Waals surface area contributed by atoms with Crippen molar-refractivity contribution < 1.29 is 9.59 Å². The summed E-state index contributed by atoms with van der Waals surface area (Å²) in [4.78, 5) is 26.9. The third-order valence-electron chi connectivity index (χ3n) is 2.91. The van der Waals surface area contributed by atoms with Crippen LogP contribution in [0.2, 0.25) is 0 Å². The summed E-state index contributed by atoms with van der Waals surface area (Å²) in [6, 6.07) is 3.53. The zero-order valence-electron chi connectivity index (χ0n) is 10.4. The molecule has 1 saturated heterocycles. The van der Waals surface area contributed by atoms with E-state index in [0.29, 0.717) is 12.8 Å². The Hall–Kier alpha value is -1.91. The smallest absolute Gasteiger partial charge is 0.249 e. The highest BCUT2D eigenvalue weighted by Gasteiger charge is 2.26. The van der Waals surface area contributed by atoms with E-state index in [9.17, 15) is 9.59 Å². The van der Waals surface area contributed by atoms with E-state index >= 15 is 0 Å². The van der Waals surface area contributed by atoms with Crippen molar-refractivity contribution >= 4 is 17.5 Å². The molecule has 0 saturated carbocycles. The number of imide groups is 1. The van der Waals surface area contributed by atoms with E-state index in [-0.39, 0.29) is 17.9 Å². The highest BCUT2D eigenvalue weighted by atomic mass is 16.2. The van der Waals surface area contributed by atoms with Crippen molar-refractivity contribution in [1.82, 2.24) is 10.3 Å². The topological polar surface area (TPSA) is 71.1 Å². The number of amides is 2. The van der Waals surface area contributed by atoms with Crippen LogP contribution in [0.4, 0.5) is 5.69 Å². The van der Waals surface area contributed by atoms with Crippen molar-refractivity contribution in [2.45, 2.75) is 38.6 Å². The summed E-state index contributed by atoms with van der Waals surface area (Å²) in [7, 11) is 0. The summed E-state index contributed by atoms with van der Waals surface area (Å²) in [5.41, 5.74) is 1.86. The number of aryl methyl sites for hydroxylation is 1. The molecular weight excluding hydrogens is 230 g/mol. The van der Waals surface area contributed by atoms with Crippen molar-refractivity contribution in [3.63, 3.8) is 0 Å². The Morgan fingerprint density at radius 2 is 2.28 bits per heavy atom. The van der Waals surface area contributed by atoms with Gasteiger partial charge in [0.2, 0.25) is 11.8 Å². The van der Waals surface area contributed by atoms with E-state index in [1.165, 1.54) is 0 Å². The lowest BCUT2D eigenvalue weighted by atomic mass is 10.1. The monoisotopic (exact) mass is 247 g/mol. The molecule has 1 unspecified atom stereocenters. The molecule has 96 valence electrons. The zero-order valence-corrected chi connectivity index (χ0v) is 10.4. The maximum atomic E-state index is 11.6. The molecule has 2 N–H and O–H groups in total. The molecule has 5 nitrogen and oxygen atoms in total. The van der Waals surface area contributed by atoms with Crippen molar-refractivity contribution in [3.05, 3.63) is 24.0 Å². The first kappa shape index (κ1) is 12.5. The van der Waals surface area contributed by atoms with E-state index in [4.69, 9.17) is 0 Å². The molecule has 1 fully saturated rings. The Kier molecular flexibility index (Phi) is 3.92. The van der Waals surface area contributed by atoms with Crippen LogP contribution in [0, 0.1) is 0 Å². The Morgan fingerprint density at radius 3 is 2.89 bits per heavy atom. The molecule has 1 aromatic rings. The fourth-order valence-corrected chi connectivity index (χ4v) is 1.95. The molecule has 0 aromatic carbocycles. The highest BCUT2D eigenvalue weighted by molar-refractivity contribution is 6.01. The van der Waals surface area contributed by atoms with Gasteiger partial charge in [-0.25, -0.2) is 0 Å². The number of nitrogens with zero attached hydrogens (tertiary/aromatic N) is 1. The quantitative estimate of drug-likeness (QED) is 0.786. The van der Waals surface area contributed by atoms with Gasteiger partial charge >= 0.3 is 0 Å². The molecule has 2 rings (SSSR count). The van der Waals surface area contributed by atoms with Crippen LogP contribution >= 0.6 is 0 Å². The number of rotatable bonds is 4. The Labute approximate surface area is 106 Å². The SMILES string of the molecule is CCCc1ccc(NC2CCC(=O)NC2=O)cn1. The Bertz CT molecular complexity index is 442. The van der Waals surface area contributed by atoms with Crippen LogP contribution in [-0.4, -0.2) is 22.8 Å². The molecule has 0 radical (unpaired) electrons. The summed E-state index contributed by atoms with van der Waals surface area (Å²) < 4.78 is 0. The van der Waals surface area contributed by atoms with E-state index in [0.717, 1.165) is 24.2 Å². The predicted molar refractivity (Wildman–Crippen MR) is 68.0 cm³/mol. The van der Waals surface area contributed by atoms with E-state index in [1.54, 1.807) is 6.20 Å². The molecule has 1 aromatic heterocycles. The van der Waals surface area contributed by atoms with Gasteiger partial charge < -0.3 is 5.32 Å². The minimum absolute atomic E-state index is 0.200. The van der Waals surface area contributed by atoms with Gasteiger partial charge in [-0.15, -0.1) is 0 Å². The van der Waals surface area contributed by atoms with Crippen molar-refractivity contribution in [2.24, 2.45) is 0 Å². The molecule has 2 amide bonds. The van der Waals surface area contributed by atoms with Crippen LogP contribution in [0.5, 0.6) is 0 Å². The minimum atomic E-state index is -0.346. The number of anilines is 1. The van der Waals surface area contributed by atoms with Crippen LogP contribution in [0.1, 0.15) is 31.9 Å². The summed E-state index contributed by atoms with van der Waals surface area (Å²) >= 11 is 0. The van der Waals surface area contributed by atoms with Crippen molar-refractivity contribution in [3.8, 4) is 0 Å². The third-order valence-corrected chi connectivity index (χ3v) is 2.91. The van der Waals surface area contributed by atoms with Gasteiger partial charge in [-0.1, -0.05) is 13.3 Å². The molecule has 18 heavy (non-hydrogen) atoms. The van der Waals surface area contributed by atoms with E-state index in [2.05, 4.69) is 22.5 Å². The summed E-state index contributed by atoms with van der Waals surface area (Å²) in [6.07, 6.45) is 4.66. The van der Waals surface area contributed by atoms with Crippen LogP contribution in [0.3, 0.4) is 0 Å². The maximum Gasteiger partial charge on any atom is 0.249 e. The Morgan fingerprint density at radius 1 is 1.44 bits per heavy atom. The minimum Gasteiger partial charge on any atom is -0.372 e. The number of piperidine rings is 1. The van der Waals surface area contributed by atoms with Gasteiger partial charge in [-0.3, -0.25) is 19.9 Å². The predicted octanol–water partition coefficient (Wildman–Crippen LogP) is 1.25. The molecule has 2 heterocycles. The van der Waals surface area contributed by atoms with Crippen LogP contribution in [0.25, 0.3) is 0 Å². The Balaban J connectivity index is 1.96. The molecule has 5 heteroatoms. The molecule has 1 atom stereocenters. The fraction of sp³-hybridized carbons (Fsp3) is 0.462. The average Bonchev–Trinajstić information content (AvgIpc) is 2.35. The van der Waals surface area contributed by atoms with Crippen LogP contribution in [0.15, 0.2) is 18.3 Å². The van der Waals surface area contributed by atoms with E-state index < -0.39 is 0 Å².